The van der Waals surface area contributed by atoms with Gasteiger partial charge < -0.3 is 0 Å². The van der Waals surface area contributed by atoms with E-state index in [2.05, 4.69) is 57.0 Å². The molecule has 0 saturated heterocycles. The summed E-state index contributed by atoms with van der Waals surface area (Å²) < 4.78 is 2.47. The summed E-state index contributed by atoms with van der Waals surface area (Å²) in [6, 6.07) is 1.87. The summed E-state index contributed by atoms with van der Waals surface area (Å²) in [6.07, 6.45) is 1.70. The predicted octanol–water partition coefficient (Wildman–Crippen LogP) is 2.33. The largest absolute Gasteiger partial charge is 0.246 e. The molecule has 0 atom stereocenters. The fraction of sp³-hybridized carbons (Fsp3) is 0.455. The van der Waals surface area contributed by atoms with Crippen molar-refractivity contribution in [1.29, 1.82) is 0 Å². The van der Waals surface area contributed by atoms with Crippen LogP contribution in [0.2, 0.25) is 0 Å². The molecule has 0 spiro atoms. The summed E-state index contributed by atoms with van der Waals surface area (Å²) >= 11 is 3.41. The molecule has 2 aromatic heterocycles. The van der Waals surface area contributed by atoms with E-state index in [4.69, 9.17) is 0 Å². The molecule has 2 aromatic rings. The fourth-order valence-electron chi connectivity index (χ4n) is 1.41. The van der Waals surface area contributed by atoms with Crippen LogP contribution in [0, 0.1) is 0 Å². The van der Waals surface area contributed by atoms with Crippen LogP contribution in [0.1, 0.15) is 26.6 Å². The maximum absolute atomic E-state index is 4.57. The third kappa shape index (κ3) is 2.52. The van der Waals surface area contributed by atoms with Gasteiger partial charge in [-0.1, -0.05) is 26.0 Å². The van der Waals surface area contributed by atoms with E-state index >= 15 is 0 Å². The lowest BCUT2D eigenvalue weighted by atomic mass is 9.95. The van der Waals surface area contributed by atoms with Crippen molar-refractivity contribution >= 4 is 15.9 Å². The zero-order valence-electron chi connectivity index (χ0n) is 10.3. The van der Waals surface area contributed by atoms with E-state index in [-0.39, 0.29) is 5.41 Å². The summed E-state index contributed by atoms with van der Waals surface area (Å²) in [7, 11) is 1.84. The average molecular weight is 296 g/mol. The molecule has 5 nitrogen and oxygen atoms in total. The lowest BCUT2D eigenvalue weighted by molar-refractivity contribution is 0.544. The SMILES string of the molecule is Cn1nncc1-c1cc(Br)nc(C(C)(C)C)n1. The van der Waals surface area contributed by atoms with Crippen molar-refractivity contribution in [1.82, 2.24) is 25.0 Å². The van der Waals surface area contributed by atoms with Gasteiger partial charge in [0, 0.05) is 12.5 Å². The smallest absolute Gasteiger partial charge is 0.135 e. The van der Waals surface area contributed by atoms with Gasteiger partial charge in [0.05, 0.1) is 11.9 Å². The minimum Gasteiger partial charge on any atom is -0.246 e. The van der Waals surface area contributed by atoms with Crippen LogP contribution in [0.4, 0.5) is 0 Å². The minimum atomic E-state index is -0.0927. The van der Waals surface area contributed by atoms with E-state index in [1.165, 1.54) is 0 Å². The number of nitrogens with zero attached hydrogens (tertiary/aromatic N) is 5. The van der Waals surface area contributed by atoms with Gasteiger partial charge in [-0.05, 0) is 22.0 Å². The zero-order valence-corrected chi connectivity index (χ0v) is 11.9. The first-order chi connectivity index (χ1) is 7.88. The van der Waals surface area contributed by atoms with E-state index in [0.717, 1.165) is 21.8 Å². The van der Waals surface area contributed by atoms with Crippen LogP contribution < -0.4 is 0 Å². The Morgan fingerprint density at radius 1 is 1.24 bits per heavy atom. The summed E-state index contributed by atoms with van der Waals surface area (Å²) in [6.45, 7) is 6.25. The first kappa shape index (κ1) is 12.2. The van der Waals surface area contributed by atoms with Gasteiger partial charge in [-0.3, -0.25) is 0 Å². The Kier molecular flexibility index (Phi) is 2.99. The molecule has 2 heterocycles. The van der Waals surface area contributed by atoms with Crippen molar-refractivity contribution in [3.63, 3.8) is 0 Å². The molecule has 2 rings (SSSR count). The maximum atomic E-state index is 4.57. The molecule has 0 aliphatic heterocycles. The van der Waals surface area contributed by atoms with Crippen molar-refractivity contribution in [2.24, 2.45) is 7.05 Å². The highest BCUT2D eigenvalue weighted by Gasteiger charge is 2.19. The summed E-state index contributed by atoms with van der Waals surface area (Å²) in [5.41, 5.74) is 1.60. The van der Waals surface area contributed by atoms with E-state index in [9.17, 15) is 0 Å². The molecule has 90 valence electrons. The Morgan fingerprint density at radius 3 is 2.47 bits per heavy atom. The standard InChI is InChI=1S/C11H14BrN5/c1-11(2,3)10-14-7(5-9(12)15-10)8-6-13-16-17(8)4/h5-6H,1-4H3. The summed E-state index contributed by atoms with van der Waals surface area (Å²) in [4.78, 5) is 8.97. The van der Waals surface area contributed by atoms with Gasteiger partial charge >= 0.3 is 0 Å². The Labute approximate surface area is 108 Å². The van der Waals surface area contributed by atoms with Crippen LogP contribution in [-0.4, -0.2) is 25.0 Å². The van der Waals surface area contributed by atoms with Crippen LogP contribution in [0.25, 0.3) is 11.4 Å². The van der Waals surface area contributed by atoms with Gasteiger partial charge in [0.25, 0.3) is 0 Å². The third-order valence-corrected chi connectivity index (χ3v) is 2.75. The first-order valence-electron chi connectivity index (χ1n) is 5.28. The Morgan fingerprint density at radius 2 is 1.94 bits per heavy atom. The van der Waals surface area contributed by atoms with E-state index in [1.807, 2.05) is 13.1 Å². The maximum Gasteiger partial charge on any atom is 0.135 e. The quantitative estimate of drug-likeness (QED) is 0.758. The molecule has 0 unspecified atom stereocenters. The van der Waals surface area contributed by atoms with Gasteiger partial charge in [0.1, 0.15) is 16.1 Å². The van der Waals surface area contributed by atoms with Gasteiger partial charge in [0.15, 0.2) is 0 Å². The van der Waals surface area contributed by atoms with E-state index in [1.54, 1.807) is 10.9 Å². The normalized spacial score (nSPS) is 11.8. The van der Waals surface area contributed by atoms with E-state index < -0.39 is 0 Å². The number of aromatic nitrogens is 5. The van der Waals surface area contributed by atoms with Crippen molar-refractivity contribution < 1.29 is 0 Å². The topological polar surface area (TPSA) is 56.5 Å². The molecular weight excluding hydrogens is 282 g/mol. The number of hydrogen-bond acceptors (Lipinski definition) is 4. The fourth-order valence-corrected chi connectivity index (χ4v) is 1.79. The first-order valence-corrected chi connectivity index (χ1v) is 6.07. The molecule has 0 N–H and O–H groups in total. The molecule has 0 fully saturated rings. The molecule has 6 heteroatoms. The number of rotatable bonds is 1. The summed E-state index contributed by atoms with van der Waals surface area (Å²) in [5, 5.41) is 7.76. The monoisotopic (exact) mass is 295 g/mol. The van der Waals surface area contributed by atoms with Gasteiger partial charge in [-0.2, -0.15) is 0 Å². The Bertz CT molecular complexity index is 541. The summed E-state index contributed by atoms with van der Waals surface area (Å²) in [5.74, 6) is 0.795. The molecule has 0 bridgehead atoms. The van der Waals surface area contributed by atoms with Gasteiger partial charge in [0.2, 0.25) is 0 Å². The van der Waals surface area contributed by atoms with Gasteiger partial charge in [-0.15, -0.1) is 5.10 Å². The molecule has 0 aliphatic carbocycles. The van der Waals surface area contributed by atoms with Gasteiger partial charge in [-0.25, -0.2) is 14.6 Å². The second kappa shape index (κ2) is 4.18. The Hall–Kier alpha value is -1.30. The van der Waals surface area contributed by atoms with Crippen LogP contribution in [0.15, 0.2) is 16.9 Å². The second-order valence-electron chi connectivity index (χ2n) is 4.89. The lowest BCUT2D eigenvalue weighted by Crippen LogP contribution is -2.16. The Balaban J connectivity index is 2.57. The van der Waals surface area contributed by atoms with Crippen LogP contribution >= 0.6 is 15.9 Å². The highest BCUT2D eigenvalue weighted by atomic mass is 79.9. The zero-order chi connectivity index (χ0) is 12.6. The van der Waals surface area contributed by atoms with Crippen molar-refractivity contribution in [2.45, 2.75) is 26.2 Å². The molecule has 0 radical (unpaired) electrons. The molecular formula is C11H14BrN5. The van der Waals surface area contributed by atoms with Crippen molar-refractivity contribution in [3.8, 4) is 11.4 Å². The molecule has 17 heavy (non-hydrogen) atoms. The molecule has 0 saturated carbocycles. The predicted molar refractivity (Wildman–Crippen MR) is 68.4 cm³/mol. The van der Waals surface area contributed by atoms with Crippen LogP contribution in [0.5, 0.6) is 0 Å². The minimum absolute atomic E-state index is 0.0927. The third-order valence-electron chi connectivity index (χ3n) is 2.34. The van der Waals surface area contributed by atoms with E-state index in [0.29, 0.717) is 0 Å². The average Bonchev–Trinajstić information content (AvgIpc) is 2.62. The number of aryl methyl sites for hydroxylation is 1. The molecule has 0 aromatic carbocycles. The molecule has 0 amide bonds. The second-order valence-corrected chi connectivity index (χ2v) is 5.70. The number of halogens is 1. The molecule has 0 aliphatic rings. The van der Waals surface area contributed by atoms with Crippen LogP contribution in [0.3, 0.4) is 0 Å². The highest BCUT2D eigenvalue weighted by molar-refractivity contribution is 9.10. The lowest BCUT2D eigenvalue weighted by Gasteiger charge is -2.17. The highest BCUT2D eigenvalue weighted by Crippen LogP contribution is 2.24. The van der Waals surface area contributed by atoms with Crippen molar-refractivity contribution in [2.75, 3.05) is 0 Å². The number of hydrogen-bond donors (Lipinski definition) is 0. The van der Waals surface area contributed by atoms with Crippen molar-refractivity contribution in [3.05, 3.63) is 22.7 Å². The van der Waals surface area contributed by atoms with Crippen LogP contribution in [-0.2, 0) is 12.5 Å².